The molecule has 0 atom stereocenters. The molecule has 0 amide bonds. The topological polar surface area (TPSA) is 73.8 Å². The maximum Gasteiger partial charge on any atom is 0.250 e. The molecule has 25 heavy (non-hydrogen) atoms. The van der Waals surface area contributed by atoms with Crippen molar-refractivity contribution in [2.45, 2.75) is 10.8 Å². The van der Waals surface area contributed by atoms with Gasteiger partial charge in [0.05, 0.1) is 4.34 Å². The highest BCUT2D eigenvalue weighted by molar-refractivity contribution is 7.91. The zero-order valence-electron chi connectivity index (χ0n) is 14.1. The van der Waals surface area contributed by atoms with Crippen LogP contribution in [0, 0.1) is 0 Å². The minimum Gasteiger partial charge on any atom is -0.355 e. The third-order valence-electron chi connectivity index (χ3n) is 3.35. The fourth-order valence-electron chi connectivity index (χ4n) is 2.19. The number of rotatable bonds is 7. The Kier molecular flexibility index (Phi) is 7.24. The van der Waals surface area contributed by atoms with E-state index in [2.05, 4.69) is 15.0 Å². The summed E-state index contributed by atoms with van der Waals surface area (Å²) in [5.41, 5.74) is 1.17. The Morgan fingerprint density at radius 3 is 2.52 bits per heavy atom. The van der Waals surface area contributed by atoms with E-state index < -0.39 is 10.0 Å². The highest BCUT2D eigenvalue weighted by Gasteiger charge is 2.16. The Bertz CT molecular complexity index is 807. The maximum atomic E-state index is 12.1. The highest BCUT2D eigenvalue weighted by Crippen LogP contribution is 2.25. The van der Waals surface area contributed by atoms with Crippen LogP contribution < -0.4 is 10.0 Å². The van der Waals surface area contributed by atoms with Crippen molar-refractivity contribution in [1.29, 1.82) is 0 Å². The van der Waals surface area contributed by atoms with Crippen molar-refractivity contribution in [3.05, 3.63) is 52.4 Å². The molecule has 0 radical (unpaired) electrons. The second-order valence-corrected chi connectivity index (χ2v) is 8.98. The first-order valence-corrected chi connectivity index (χ1v) is 10.3. The minimum atomic E-state index is -3.52. The number of benzene rings is 1. The molecule has 2 N–H and O–H groups in total. The van der Waals surface area contributed by atoms with Crippen LogP contribution in [0.15, 0.2) is 51.7 Å². The molecule has 1 aromatic heterocycles. The van der Waals surface area contributed by atoms with Crippen LogP contribution in [0.3, 0.4) is 0 Å². The monoisotopic (exact) mass is 400 g/mol. The number of sulfonamides is 1. The Labute approximate surface area is 157 Å². The van der Waals surface area contributed by atoms with Gasteiger partial charge in [-0.25, -0.2) is 13.1 Å². The average Bonchev–Trinajstić information content (AvgIpc) is 3.03. The van der Waals surface area contributed by atoms with E-state index in [1.54, 1.807) is 13.1 Å². The minimum absolute atomic E-state index is 0.211. The number of hydrogen-bond acceptors (Lipinski definition) is 4. The number of aliphatic imine (C=N–C) groups is 1. The fraction of sp³-hybridized carbons (Fsp3) is 0.312. The summed E-state index contributed by atoms with van der Waals surface area (Å²) in [6.07, 6.45) is 0. The normalized spacial score (nSPS) is 12.2. The van der Waals surface area contributed by atoms with E-state index in [4.69, 9.17) is 11.6 Å². The first-order chi connectivity index (χ1) is 11.9. The van der Waals surface area contributed by atoms with Gasteiger partial charge in [-0.15, -0.1) is 11.3 Å². The molecule has 1 heterocycles. The first-order valence-electron chi connectivity index (χ1n) is 7.63. The van der Waals surface area contributed by atoms with Crippen LogP contribution >= 0.6 is 22.9 Å². The van der Waals surface area contributed by atoms with Crippen LogP contribution in [-0.2, 0) is 16.6 Å². The summed E-state index contributed by atoms with van der Waals surface area (Å²) >= 11 is 6.81. The van der Waals surface area contributed by atoms with Gasteiger partial charge in [0.1, 0.15) is 4.21 Å². The van der Waals surface area contributed by atoms with Crippen LogP contribution in [0.4, 0.5) is 0 Å². The molecule has 0 fully saturated rings. The molecule has 0 saturated heterocycles. The van der Waals surface area contributed by atoms with Gasteiger partial charge in [-0.05, 0) is 17.7 Å². The van der Waals surface area contributed by atoms with Crippen LogP contribution in [0.5, 0.6) is 0 Å². The fourth-order valence-corrected chi connectivity index (χ4v) is 4.75. The molecule has 0 unspecified atom stereocenters. The quantitative estimate of drug-likeness (QED) is 0.425. The molecule has 2 aromatic rings. The van der Waals surface area contributed by atoms with Crippen molar-refractivity contribution < 1.29 is 8.42 Å². The molecule has 9 heteroatoms. The lowest BCUT2D eigenvalue weighted by molar-refractivity contribution is 0.477. The molecule has 1 aromatic carbocycles. The van der Waals surface area contributed by atoms with E-state index in [-0.39, 0.29) is 10.8 Å². The maximum absolute atomic E-state index is 12.1. The van der Waals surface area contributed by atoms with Crippen LogP contribution in [0.25, 0.3) is 0 Å². The first kappa shape index (κ1) is 19.7. The van der Waals surface area contributed by atoms with Gasteiger partial charge in [0.15, 0.2) is 5.96 Å². The number of guanidine groups is 1. The van der Waals surface area contributed by atoms with E-state index in [0.29, 0.717) is 23.4 Å². The molecule has 0 saturated carbocycles. The highest BCUT2D eigenvalue weighted by atomic mass is 35.5. The average molecular weight is 401 g/mol. The summed E-state index contributed by atoms with van der Waals surface area (Å²) < 4.78 is 27.4. The summed E-state index contributed by atoms with van der Waals surface area (Å²) in [6, 6.07) is 13.1. The van der Waals surface area contributed by atoms with Gasteiger partial charge in [-0.3, -0.25) is 4.99 Å². The predicted octanol–water partition coefficient (Wildman–Crippen LogP) is 2.39. The molecule has 136 valence electrons. The molecule has 0 aliphatic rings. The van der Waals surface area contributed by atoms with E-state index in [9.17, 15) is 8.42 Å². The van der Waals surface area contributed by atoms with Crippen molar-refractivity contribution >= 4 is 38.9 Å². The number of thiophene rings is 1. The summed E-state index contributed by atoms with van der Waals surface area (Å²) in [5, 5.41) is 3.15. The second-order valence-electron chi connectivity index (χ2n) is 5.27. The molecular weight excluding hydrogens is 380 g/mol. The zero-order valence-corrected chi connectivity index (χ0v) is 16.5. The van der Waals surface area contributed by atoms with Gasteiger partial charge in [0, 0.05) is 33.7 Å². The summed E-state index contributed by atoms with van der Waals surface area (Å²) in [6.45, 7) is 1.38. The lowest BCUT2D eigenvalue weighted by Crippen LogP contribution is -2.42. The van der Waals surface area contributed by atoms with Gasteiger partial charge >= 0.3 is 0 Å². The van der Waals surface area contributed by atoms with E-state index in [0.717, 1.165) is 11.3 Å². The predicted molar refractivity (Wildman–Crippen MR) is 104 cm³/mol. The lowest BCUT2D eigenvalue weighted by atomic mass is 10.2. The standard InChI is InChI=1S/C16H21ClN4O2S2/c1-18-16(21(2)12-13-6-4-3-5-7-13)19-10-11-20-25(22,23)15-9-8-14(17)24-15/h3-9,20H,10-12H2,1-2H3,(H,18,19). The van der Waals surface area contributed by atoms with Gasteiger partial charge in [-0.1, -0.05) is 41.9 Å². The second kappa shape index (κ2) is 9.19. The molecular formula is C16H21ClN4O2S2. The number of hydrogen-bond donors (Lipinski definition) is 2. The lowest BCUT2D eigenvalue weighted by Gasteiger charge is -2.22. The summed E-state index contributed by atoms with van der Waals surface area (Å²) in [4.78, 5) is 6.19. The van der Waals surface area contributed by atoms with Crippen LogP contribution in [0.2, 0.25) is 4.34 Å². The van der Waals surface area contributed by atoms with Crippen LogP contribution in [-0.4, -0.2) is 46.5 Å². The largest absolute Gasteiger partial charge is 0.355 e. The van der Waals surface area contributed by atoms with Crippen molar-refractivity contribution in [2.24, 2.45) is 4.99 Å². The SMILES string of the molecule is CN=C(NCCNS(=O)(=O)c1ccc(Cl)s1)N(C)Cc1ccccc1. The molecule has 0 bridgehead atoms. The Morgan fingerprint density at radius 2 is 1.92 bits per heavy atom. The van der Waals surface area contributed by atoms with E-state index in [1.165, 1.54) is 11.6 Å². The Balaban J connectivity index is 1.81. The molecule has 0 aliphatic heterocycles. The third-order valence-corrected chi connectivity index (χ3v) is 6.53. The zero-order chi connectivity index (χ0) is 18.3. The Morgan fingerprint density at radius 1 is 1.20 bits per heavy atom. The van der Waals surface area contributed by atoms with Crippen molar-refractivity contribution in [3.63, 3.8) is 0 Å². The third kappa shape index (κ3) is 6.00. The van der Waals surface area contributed by atoms with Gasteiger partial charge in [0.2, 0.25) is 10.0 Å². The van der Waals surface area contributed by atoms with E-state index >= 15 is 0 Å². The van der Waals surface area contributed by atoms with Gasteiger partial charge in [0.25, 0.3) is 0 Å². The van der Waals surface area contributed by atoms with E-state index in [1.807, 2.05) is 42.3 Å². The van der Waals surface area contributed by atoms with Gasteiger partial charge < -0.3 is 10.2 Å². The number of nitrogens with zero attached hydrogens (tertiary/aromatic N) is 2. The summed E-state index contributed by atoms with van der Waals surface area (Å²) in [7, 11) is 0.104. The van der Waals surface area contributed by atoms with Crippen molar-refractivity contribution in [3.8, 4) is 0 Å². The number of nitrogens with one attached hydrogen (secondary N) is 2. The molecule has 0 spiro atoms. The number of halogens is 1. The smallest absolute Gasteiger partial charge is 0.250 e. The Hall–Kier alpha value is -1.61. The van der Waals surface area contributed by atoms with Crippen molar-refractivity contribution in [2.75, 3.05) is 27.2 Å². The van der Waals surface area contributed by atoms with Crippen LogP contribution in [0.1, 0.15) is 5.56 Å². The summed E-state index contributed by atoms with van der Waals surface area (Å²) in [5.74, 6) is 0.696. The molecule has 2 rings (SSSR count). The molecule has 0 aliphatic carbocycles. The van der Waals surface area contributed by atoms with Crippen molar-refractivity contribution in [1.82, 2.24) is 14.9 Å². The van der Waals surface area contributed by atoms with Gasteiger partial charge in [-0.2, -0.15) is 0 Å². The molecule has 6 nitrogen and oxygen atoms in total.